The van der Waals surface area contributed by atoms with Gasteiger partial charge in [-0.3, -0.25) is 0 Å². The van der Waals surface area contributed by atoms with Crippen molar-refractivity contribution in [3.63, 3.8) is 0 Å². The monoisotopic (exact) mass is 683 g/mol. The summed E-state index contributed by atoms with van der Waals surface area (Å²) < 4.78 is 6.82. The van der Waals surface area contributed by atoms with Crippen molar-refractivity contribution in [3.8, 4) is 33.4 Å². The van der Waals surface area contributed by atoms with Gasteiger partial charge >= 0.3 is 0 Å². The van der Waals surface area contributed by atoms with E-state index in [2.05, 4.69) is 183 Å². The van der Waals surface area contributed by atoms with Crippen molar-refractivity contribution < 1.29 is 4.42 Å². The molecule has 7 aromatic rings. The molecule has 0 radical (unpaired) electrons. The van der Waals surface area contributed by atoms with Crippen LogP contribution in [0.4, 0.5) is 11.4 Å². The van der Waals surface area contributed by atoms with Gasteiger partial charge in [-0.2, -0.15) is 0 Å². The second-order valence-corrected chi connectivity index (χ2v) is 15.1. The molecular weight excluding hydrogens is 643 g/mol. The molecule has 1 aromatic heterocycles. The van der Waals surface area contributed by atoms with Crippen LogP contribution in [0.3, 0.4) is 0 Å². The number of allylic oxidation sites excluding steroid dienone is 8. The number of nitrogens with zero attached hydrogens (tertiary/aromatic N) is 1. The lowest BCUT2D eigenvalue weighted by molar-refractivity contribution is 0.653. The zero-order chi connectivity index (χ0) is 35.5. The van der Waals surface area contributed by atoms with E-state index in [0.717, 1.165) is 53.6 Å². The van der Waals surface area contributed by atoms with Gasteiger partial charge in [-0.15, -0.1) is 0 Å². The van der Waals surface area contributed by atoms with Crippen LogP contribution in [0.25, 0.3) is 55.3 Å². The lowest BCUT2D eigenvalue weighted by Gasteiger charge is -2.31. The molecule has 10 rings (SSSR count). The summed E-state index contributed by atoms with van der Waals surface area (Å²) in [5.41, 5.74) is 18.3. The van der Waals surface area contributed by atoms with Crippen molar-refractivity contribution in [2.45, 2.75) is 44.9 Å². The van der Waals surface area contributed by atoms with Crippen LogP contribution in [0.2, 0.25) is 0 Å². The molecule has 0 saturated carbocycles. The van der Waals surface area contributed by atoms with Gasteiger partial charge in [0.2, 0.25) is 0 Å². The largest absolute Gasteiger partial charge is 0.455 e. The molecule has 0 aliphatic heterocycles. The Morgan fingerprint density at radius 2 is 1.32 bits per heavy atom. The van der Waals surface area contributed by atoms with Gasteiger partial charge < -0.3 is 9.32 Å². The molecule has 3 aliphatic rings. The SMILES string of the molecule is CC1(C)c2ccccc2-c2c1cc(-c1cccc(N(C3=CC=C(C4=CC=CCC4)CC3)c3ccc(-c4ccccc4)cc3)c1)c1c2oc2ccccc21. The summed E-state index contributed by atoms with van der Waals surface area (Å²) in [6.45, 7) is 4.70. The van der Waals surface area contributed by atoms with Gasteiger partial charge in [-0.05, 0) is 118 Å². The number of rotatable bonds is 6. The predicted molar refractivity (Wildman–Crippen MR) is 223 cm³/mol. The van der Waals surface area contributed by atoms with Crippen molar-refractivity contribution in [2.24, 2.45) is 0 Å². The minimum Gasteiger partial charge on any atom is -0.455 e. The molecule has 2 heteroatoms. The maximum Gasteiger partial charge on any atom is 0.144 e. The van der Waals surface area contributed by atoms with Crippen LogP contribution < -0.4 is 4.90 Å². The molecule has 1 heterocycles. The number of para-hydroxylation sites is 1. The molecule has 53 heavy (non-hydrogen) atoms. The highest BCUT2D eigenvalue weighted by atomic mass is 16.3. The average molecular weight is 684 g/mol. The molecular formula is C51H41NO. The highest BCUT2D eigenvalue weighted by Crippen LogP contribution is 2.55. The molecule has 256 valence electrons. The summed E-state index contributed by atoms with van der Waals surface area (Å²) in [6.07, 6.45) is 15.7. The fourth-order valence-electron chi connectivity index (χ4n) is 8.96. The molecule has 0 atom stereocenters. The summed E-state index contributed by atoms with van der Waals surface area (Å²) in [7, 11) is 0. The number of fused-ring (bicyclic) bond motifs is 7. The first-order chi connectivity index (χ1) is 26.0. The van der Waals surface area contributed by atoms with E-state index in [-0.39, 0.29) is 5.41 Å². The molecule has 0 unspecified atom stereocenters. The Hall–Kier alpha value is -6.12. The van der Waals surface area contributed by atoms with E-state index >= 15 is 0 Å². The van der Waals surface area contributed by atoms with Crippen LogP contribution in [-0.2, 0) is 5.41 Å². The molecule has 0 N–H and O–H groups in total. The number of anilines is 2. The van der Waals surface area contributed by atoms with E-state index in [9.17, 15) is 0 Å². The predicted octanol–water partition coefficient (Wildman–Crippen LogP) is 14.2. The lowest BCUT2D eigenvalue weighted by Crippen LogP contribution is -2.18. The minimum absolute atomic E-state index is 0.154. The first-order valence-corrected chi connectivity index (χ1v) is 18.9. The van der Waals surface area contributed by atoms with Crippen molar-refractivity contribution >= 4 is 33.3 Å². The number of hydrogen-bond donors (Lipinski definition) is 0. The van der Waals surface area contributed by atoms with Crippen LogP contribution >= 0.6 is 0 Å². The van der Waals surface area contributed by atoms with Crippen molar-refractivity contribution in [1.82, 2.24) is 0 Å². The van der Waals surface area contributed by atoms with Crippen LogP contribution in [-0.4, -0.2) is 0 Å². The quantitative estimate of drug-likeness (QED) is 0.173. The number of hydrogen-bond acceptors (Lipinski definition) is 2. The van der Waals surface area contributed by atoms with E-state index in [1.54, 1.807) is 0 Å². The first-order valence-electron chi connectivity index (χ1n) is 18.9. The maximum atomic E-state index is 6.82. The normalized spacial score (nSPS) is 15.8. The Bertz CT molecular complexity index is 2680. The molecule has 2 nitrogen and oxygen atoms in total. The summed E-state index contributed by atoms with van der Waals surface area (Å²) in [4.78, 5) is 2.47. The third kappa shape index (κ3) is 5.24. The highest BCUT2D eigenvalue weighted by molar-refractivity contribution is 6.18. The van der Waals surface area contributed by atoms with Gasteiger partial charge in [0.05, 0.1) is 0 Å². The van der Waals surface area contributed by atoms with Gasteiger partial charge in [0.15, 0.2) is 0 Å². The van der Waals surface area contributed by atoms with Crippen LogP contribution in [0.15, 0.2) is 185 Å². The first kappa shape index (κ1) is 31.6. The van der Waals surface area contributed by atoms with Crippen molar-refractivity contribution in [3.05, 3.63) is 192 Å². The second kappa shape index (κ2) is 12.5. The lowest BCUT2D eigenvalue weighted by atomic mass is 9.81. The Balaban J connectivity index is 1.15. The van der Waals surface area contributed by atoms with Crippen molar-refractivity contribution in [1.29, 1.82) is 0 Å². The molecule has 0 fully saturated rings. The molecule has 0 bridgehead atoms. The van der Waals surface area contributed by atoms with Gasteiger partial charge in [0.1, 0.15) is 11.2 Å². The Morgan fingerprint density at radius 3 is 2.13 bits per heavy atom. The Kier molecular flexibility index (Phi) is 7.47. The second-order valence-electron chi connectivity index (χ2n) is 15.1. The standard InChI is InChI=1S/C51H41NO/c1-51(2)45-22-11-9-20-42(45)49-46(51)33-44(48-43-21-10-12-23-47(43)53-50(48)49)38-18-13-19-41(32-38)52(39-28-24-36(25-29-39)34-14-5-3-6-15-34)40-30-26-37(27-31-40)35-16-7-4-8-17-35/h3-7,9-16,18-26,28-30,32-33H,8,17,27,31H2,1-2H3. The smallest absolute Gasteiger partial charge is 0.144 e. The van der Waals surface area contributed by atoms with Crippen molar-refractivity contribution in [2.75, 3.05) is 4.90 Å². The molecule has 0 spiro atoms. The summed E-state index contributed by atoms with van der Waals surface area (Å²) >= 11 is 0. The summed E-state index contributed by atoms with van der Waals surface area (Å²) in [5.74, 6) is 0. The number of furan rings is 1. The Labute approximate surface area is 311 Å². The third-order valence-electron chi connectivity index (χ3n) is 11.7. The van der Waals surface area contributed by atoms with Gasteiger partial charge in [-0.25, -0.2) is 0 Å². The fourth-order valence-corrected chi connectivity index (χ4v) is 8.96. The number of benzene rings is 6. The van der Waals surface area contributed by atoms with E-state index in [1.807, 2.05) is 0 Å². The average Bonchev–Trinajstić information content (AvgIpc) is 3.71. The molecule has 0 amide bonds. The maximum absolute atomic E-state index is 6.82. The van der Waals surface area contributed by atoms with E-state index in [1.165, 1.54) is 66.7 Å². The third-order valence-corrected chi connectivity index (χ3v) is 11.7. The van der Waals surface area contributed by atoms with Crippen LogP contribution in [0, 0.1) is 0 Å². The van der Waals surface area contributed by atoms with E-state index in [0.29, 0.717) is 0 Å². The summed E-state index contributed by atoms with van der Waals surface area (Å²) in [5, 5.41) is 2.34. The highest BCUT2D eigenvalue weighted by Gasteiger charge is 2.38. The van der Waals surface area contributed by atoms with E-state index in [4.69, 9.17) is 4.42 Å². The fraction of sp³-hybridized carbons (Fsp3) is 0.137. The van der Waals surface area contributed by atoms with Crippen LogP contribution in [0.1, 0.15) is 50.7 Å². The van der Waals surface area contributed by atoms with Gasteiger partial charge in [0.25, 0.3) is 0 Å². The zero-order valence-electron chi connectivity index (χ0n) is 30.3. The van der Waals surface area contributed by atoms with E-state index < -0.39 is 0 Å². The zero-order valence-corrected chi connectivity index (χ0v) is 30.3. The molecule has 3 aliphatic carbocycles. The molecule has 0 saturated heterocycles. The Morgan fingerprint density at radius 1 is 0.566 bits per heavy atom. The van der Waals surface area contributed by atoms with Gasteiger partial charge in [0, 0.05) is 38.8 Å². The topological polar surface area (TPSA) is 16.4 Å². The van der Waals surface area contributed by atoms with Gasteiger partial charge in [-0.1, -0.05) is 135 Å². The van der Waals surface area contributed by atoms with Crippen LogP contribution in [0.5, 0.6) is 0 Å². The summed E-state index contributed by atoms with van der Waals surface area (Å²) in [6, 6.07) is 48.7. The molecule has 6 aromatic carbocycles. The minimum atomic E-state index is -0.154.